The molecule has 0 radical (unpaired) electrons. The number of rotatable bonds is 4. The molecule has 6 nitrogen and oxygen atoms in total. The molecular weight excluding hydrogens is 1060 g/mol. The number of nitrogens with zero attached hydrogens (tertiary/aromatic N) is 4. The summed E-state index contributed by atoms with van der Waals surface area (Å²) in [4.78, 5) is 17.0. The summed E-state index contributed by atoms with van der Waals surface area (Å²) < 4.78 is 20.3. The third kappa shape index (κ3) is 6.98. The number of anilines is 6. The molecule has 10 heteroatoms. The zero-order chi connectivity index (χ0) is 57.1. The van der Waals surface area contributed by atoms with Crippen molar-refractivity contribution < 1.29 is 9.47 Å². The van der Waals surface area contributed by atoms with E-state index in [1.165, 1.54) is 85.6 Å². The van der Waals surface area contributed by atoms with E-state index in [0.717, 1.165) is 105 Å². The fourth-order valence-corrected chi connectivity index (χ4v) is 18.5. The third-order valence-corrected chi connectivity index (χ3v) is 22.7. The molecule has 8 heterocycles. The predicted molar refractivity (Wildman–Crippen MR) is 355 cm³/mol. The molecule has 0 spiro atoms. The van der Waals surface area contributed by atoms with Crippen molar-refractivity contribution in [3.63, 3.8) is 0 Å². The van der Waals surface area contributed by atoms with Crippen LogP contribution in [0.5, 0.6) is 23.0 Å². The summed E-state index contributed by atoms with van der Waals surface area (Å²) in [6, 6.07) is 58.4. The van der Waals surface area contributed by atoms with Gasteiger partial charge in [-0.05, 0) is 142 Å². The molecule has 0 bridgehead atoms. The van der Waals surface area contributed by atoms with Crippen LogP contribution < -0.4 is 50.7 Å². The van der Waals surface area contributed by atoms with Gasteiger partial charge in [-0.3, -0.25) is 9.80 Å². The summed E-state index contributed by atoms with van der Waals surface area (Å²) in [6.07, 6.45) is 4.45. The molecule has 4 aromatic heterocycles. The topological polar surface area (TPSA) is 50.7 Å². The van der Waals surface area contributed by atoms with E-state index in [9.17, 15) is 0 Å². The van der Waals surface area contributed by atoms with Gasteiger partial charge in [-0.1, -0.05) is 159 Å². The average Bonchev–Trinajstić information content (AvgIpc) is 1.31. The average molecular weight is 1130 g/mol. The largest absolute Gasteiger partial charge is 0.458 e. The van der Waals surface area contributed by atoms with Crippen molar-refractivity contribution in [1.29, 1.82) is 0 Å². The van der Waals surface area contributed by atoms with Gasteiger partial charge in [-0.2, -0.15) is 0 Å². The lowest BCUT2D eigenvalue weighted by atomic mass is 9.34. The minimum absolute atomic E-state index is 0.0216. The van der Waals surface area contributed by atoms with Crippen molar-refractivity contribution in [2.45, 2.75) is 117 Å². The van der Waals surface area contributed by atoms with E-state index in [1.807, 2.05) is 22.7 Å². The fraction of sp³-hybridized carbons (Fsp3) is 0.243. The standard InChI is InChI=1S/C74H64B2N4O2S2/c1-41-29-31-47-61(73(7,8)35-33-71(47,3)4)59(41)51-38-55-63-69(77-51)79(43-21-13-11-14-22-43)65-45-25-17-19-27-57(45)83-67(65)75(63)49-37-50-54(40-53(49)81-55)82-56-39-52(60-42(2)30-32-48-62(60)74(9,10)36-34-72(48,5)6)78-70-64(56)76(50)68-66(46-26-18-20-28-58(46)84-68)80(70)44-23-15-12-16-24-44/h11-32,37-40H,33-36H2,1-10H3. The van der Waals surface area contributed by atoms with Gasteiger partial charge in [0.05, 0.1) is 22.8 Å². The van der Waals surface area contributed by atoms with Crippen molar-refractivity contribution in [2.24, 2.45) is 0 Å². The molecule has 0 unspecified atom stereocenters. The Balaban J connectivity index is 0.945. The maximum absolute atomic E-state index is 7.64. The van der Waals surface area contributed by atoms with Crippen LogP contribution in [0.1, 0.15) is 114 Å². The van der Waals surface area contributed by atoms with Crippen molar-refractivity contribution in [2.75, 3.05) is 9.80 Å². The van der Waals surface area contributed by atoms with Gasteiger partial charge in [0.1, 0.15) is 34.6 Å². The normalized spacial score (nSPS) is 17.5. The van der Waals surface area contributed by atoms with Gasteiger partial charge in [-0.15, -0.1) is 22.7 Å². The van der Waals surface area contributed by atoms with Crippen molar-refractivity contribution in [3.05, 3.63) is 191 Å². The minimum atomic E-state index is -0.188. The molecule has 11 aromatic rings. The molecule has 410 valence electrons. The zero-order valence-electron chi connectivity index (χ0n) is 49.4. The van der Waals surface area contributed by atoms with Crippen LogP contribution in [0.25, 0.3) is 42.7 Å². The molecule has 0 atom stereocenters. The Bertz CT molecular complexity index is 4400. The molecule has 2 aliphatic carbocycles. The second kappa shape index (κ2) is 17.4. The molecular formula is C74H64B2N4O2S2. The highest BCUT2D eigenvalue weighted by molar-refractivity contribution is 7.34. The molecule has 7 aromatic carbocycles. The van der Waals surface area contributed by atoms with E-state index in [2.05, 4.69) is 237 Å². The molecule has 0 fully saturated rings. The second-order valence-electron chi connectivity index (χ2n) is 27.3. The SMILES string of the molecule is Cc1ccc2c(c1-c1cc3c4c(n1)N(c1ccccc1)c1c(sc5ccccc15)B4c1cc4c(cc1O3)Oc1cc(-c3c(C)ccc5c3C(C)(C)CCC5(C)C)nc3c1B4c1sc4ccccc4c1N3c1ccccc1)C(C)(C)CCC2(C)C. The number of benzene rings is 7. The predicted octanol–water partition coefficient (Wildman–Crippen LogP) is 16.4. The van der Waals surface area contributed by atoms with Crippen LogP contribution in [0.2, 0.25) is 0 Å². The van der Waals surface area contributed by atoms with Gasteiger partial charge in [0.25, 0.3) is 13.4 Å². The molecule has 0 saturated carbocycles. The highest BCUT2D eigenvalue weighted by Crippen LogP contribution is 2.55. The quantitative estimate of drug-likeness (QED) is 0.164. The van der Waals surface area contributed by atoms with E-state index in [-0.39, 0.29) is 35.1 Å². The van der Waals surface area contributed by atoms with E-state index in [4.69, 9.17) is 19.4 Å². The van der Waals surface area contributed by atoms with Crippen LogP contribution in [-0.2, 0) is 21.7 Å². The van der Waals surface area contributed by atoms with Crippen LogP contribution in [0.15, 0.2) is 158 Å². The Hall–Kier alpha value is -7.91. The van der Waals surface area contributed by atoms with Crippen LogP contribution in [-0.4, -0.2) is 23.4 Å². The highest BCUT2D eigenvalue weighted by Gasteiger charge is 2.51. The Morgan fingerprint density at radius 1 is 0.429 bits per heavy atom. The van der Waals surface area contributed by atoms with E-state index < -0.39 is 0 Å². The van der Waals surface area contributed by atoms with Crippen LogP contribution >= 0.6 is 22.7 Å². The first-order chi connectivity index (χ1) is 40.5. The smallest absolute Gasteiger partial charge is 0.271 e. The maximum Gasteiger partial charge on any atom is 0.271 e. The number of aromatic nitrogens is 2. The van der Waals surface area contributed by atoms with E-state index >= 15 is 0 Å². The van der Waals surface area contributed by atoms with Crippen molar-refractivity contribution >= 4 is 122 Å². The Morgan fingerprint density at radius 3 is 1.25 bits per heavy atom. The lowest BCUT2D eigenvalue weighted by molar-refractivity contribution is 0.332. The highest BCUT2D eigenvalue weighted by atomic mass is 32.1. The number of fused-ring (bicyclic) bond motifs is 14. The number of hydrogen-bond donors (Lipinski definition) is 0. The van der Waals surface area contributed by atoms with Crippen LogP contribution in [0, 0.1) is 13.8 Å². The Morgan fingerprint density at radius 2 is 0.821 bits per heavy atom. The molecule has 0 saturated heterocycles. The fourth-order valence-electron chi connectivity index (χ4n) is 15.9. The van der Waals surface area contributed by atoms with Crippen LogP contribution in [0.4, 0.5) is 34.4 Å². The number of aryl methyl sites for hydroxylation is 2. The second-order valence-corrected chi connectivity index (χ2v) is 29.5. The molecule has 0 N–H and O–H groups in total. The first-order valence-corrected chi connectivity index (χ1v) is 31.8. The zero-order valence-corrected chi connectivity index (χ0v) is 51.0. The molecule has 84 heavy (non-hydrogen) atoms. The van der Waals surface area contributed by atoms with Gasteiger partial charge in [-0.25, -0.2) is 9.97 Å². The minimum Gasteiger partial charge on any atom is -0.458 e. The number of pyridine rings is 2. The number of thiophene rings is 2. The number of ether oxygens (including phenoxy) is 2. The summed E-state index contributed by atoms with van der Waals surface area (Å²) in [7, 11) is 0. The Labute approximate surface area is 501 Å². The van der Waals surface area contributed by atoms with Crippen molar-refractivity contribution in [1.82, 2.24) is 9.97 Å². The van der Waals surface area contributed by atoms with Gasteiger partial charge in [0.15, 0.2) is 0 Å². The van der Waals surface area contributed by atoms with Gasteiger partial charge in [0, 0.05) is 81.4 Å². The van der Waals surface area contributed by atoms with Gasteiger partial charge in [0.2, 0.25) is 0 Å². The van der Waals surface area contributed by atoms with E-state index in [1.54, 1.807) is 0 Å². The monoisotopic (exact) mass is 1130 g/mol. The van der Waals surface area contributed by atoms with Gasteiger partial charge < -0.3 is 9.47 Å². The molecule has 17 rings (SSSR count). The number of hydrogen-bond acceptors (Lipinski definition) is 8. The summed E-state index contributed by atoms with van der Waals surface area (Å²) in [6.45, 7) is 23.6. The lowest BCUT2D eigenvalue weighted by Gasteiger charge is -2.44. The summed E-state index contributed by atoms with van der Waals surface area (Å²) in [5, 5.41) is 2.44. The first-order valence-electron chi connectivity index (χ1n) is 30.1. The Kier molecular flexibility index (Phi) is 10.5. The maximum atomic E-state index is 7.64. The number of para-hydroxylation sites is 2. The van der Waals surface area contributed by atoms with Gasteiger partial charge >= 0.3 is 0 Å². The molecule has 0 amide bonds. The van der Waals surface area contributed by atoms with Crippen molar-refractivity contribution in [3.8, 4) is 45.5 Å². The summed E-state index contributed by atoms with van der Waals surface area (Å²) in [5.74, 6) is 5.13. The molecule has 4 aliphatic heterocycles. The summed E-state index contributed by atoms with van der Waals surface area (Å²) in [5.41, 5.74) is 21.3. The van der Waals surface area contributed by atoms with E-state index in [0.29, 0.717) is 0 Å². The van der Waals surface area contributed by atoms with Crippen LogP contribution in [0.3, 0.4) is 0 Å². The third-order valence-electron chi connectivity index (χ3n) is 20.3. The summed E-state index contributed by atoms with van der Waals surface area (Å²) >= 11 is 3.79. The molecule has 6 aliphatic rings. The first kappa shape index (κ1) is 50.6. The lowest BCUT2D eigenvalue weighted by Crippen LogP contribution is -2.62.